The molecule has 4 aromatic heterocycles. The number of pyridine rings is 1. The number of hydrogen-bond acceptors (Lipinski definition) is 2. The average Bonchev–Trinajstić information content (AvgIpc) is 1.68. The Labute approximate surface area is 562 Å². The summed E-state index contributed by atoms with van der Waals surface area (Å²) in [5.41, 5.74) is 24.0. The van der Waals surface area contributed by atoms with Gasteiger partial charge in [0.2, 0.25) is 0 Å². The van der Waals surface area contributed by atoms with Crippen molar-refractivity contribution in [3.8, 4) is 101 Å². The second-order valence-electron chi connectivity index (χ2n) is 25.4. The van der Waals surface area contributed by atoms with E-state index in [0.717, 1.165) is 143 Å². The SMILES string of the molecule is CC(C)(C)c1ccnc(-n2c3ccccc3c3ccc(Oc4cccc(-n5[c](=[Pt])n(-c6c(-c7c(-c8ccccc8)cccc7-c7ccccc7)cc(-n7c8ccccc8c8ccccc87)cc6-c6c(-c7ccccc7)cccc6-c6ccccc6)c6ccccc65)c4)cc32)c1. The number of hydrogen-bond donors (Lipinski definition) is 0. The van der Waals surface area contributed by atoms with Crippen LogP contribution >= 0.6 is 0 Å². The Kier molecular flexibility index (Phi) is 14.3. The minimum absolute atomic E-state index is 0.0547. The van der Waals surface area contributed by atoms with E-state index < -0.39 is 0 Å². The zero-order valence-corrected chi connectivity index (χ0v) is 54.9. The van der Waals surface area contributed by atoms with Crippen LogP contribution in [0.5, 0.6) is 11.5 Å². The van der Waals surface area contributed by atoms with E-state index in [0.29, 0.717) is 5.75 Å². The first-order chi connectivity index (χ1) is 46.7. The molecule has 4 heterocycles. The summed E-state index contributed by atoms with van der Waals surface area (Å²) in [5.74, 6) is 2.31. The van der Waals surface area contributed by atoms with Crippen LogP contribution in [0.3, 0.4) is 0 Å². The first-order valence-electron chi connectivity index (χ1n) is 32.3. The minimum atomic E-state index is -0.0547. The van der Waals surface area contributed by atoms with Crippen LogP contribution in [0.1, 0.15) is 26.3 Å². The fourth-order valence-corrected chi connectivity index (χ4v) is 15.4. The van der Waals surface area contributed by atoms with Crippen molar-refractivity contribution >= 4 is 54.6 Å². The van der Waals surface area contributed by atoms with Crippen LogP contribution in [0, 0.1) is 3.80 Å². The monoisotopic (exact) mass is 1400 g/mol. The third-order valence-electron chi connectivity index (χ3n) is 18.7. The predicted octanol–water partition coefficient (Wildman–Crippen LogP) is 23.2. The maximum absolute atomic E-state index is 7.08. The molecule has 0 saturated heterocycles. The topological polar surface area (TPSA) is 41.8 Å². The Hall–Kier alpha value is -11.4. The van der Waals surface area contributed by atoms with Crippen molar-refractivity contribution in [3.63, 3.8) is 0 Å². The van der Waals surface area contributed by atoms with Crippen LogP contribution in [-0.2, 0) is 24.8 Å². The van der Waals surface area contributed by atoms with Crippen molar-refractivity contribution in [2.45, 2.75) is 26.2 Å². The molecular formula is C88H63N5OPt. The first-order valence-corrected chi connectivity index (χ1v) is 33.5. The predicted molar refractivity (Wildman–Crippen MR) is 390 cm³/mol. The Morgan fingerprint density at radius 3 is 1.20 bits per heavy atom. The van der Waals surface area contributed by atoms with Gasteiger partial charge in [-0.25, -0.2) is 0 Å². The zero-order valence-electron chi connectivity index (χ0n) is 52.6. The molecule has 0 N–H and O–H groups in total. The van der Waals surface area contributed by atoms with E-state index in [1.54, 1.807) is 0 Å². The van der Waals surface area contributed by atoms with Gasteiger partial charge in [-0.1, -0.05) is 32.9 Å². The van der Waals surface area contributed by atoms with Gasteiger partial charge in [0, 0.05) is 6.20 Å². The van der Waals surface area contributed by atoms with Crippen molar-refractivity contribution in [1.82, 2.24) is 23.3 Å². The molecular weight excluding hydrogens is 1340 g/mol. The van der Waals surface area contributed by atoms with Gasteiger partial charge in [0.25, 0.3) is 0 Å². The summed E-state index contributed by atoms with van der Waals surface area (Å²) in [6.45, 7) is 6.74. The second-order valence-corrected chi connectivity index (χ2v) is 26.4. The van der Waals surface area contributed by atoms with E-state index in [1.165, 1.54) is 16.3 Å². The number of para-hydroxylation sites is 5. The quantitative estimate of drug-likeness (QED) is 0.122. The van der Waals surface area contributed by atoms with Crippen molar-refractivity contribution in [2.24, 2.45) is 0 Å². The van der Waals surface area contributed by atoms with Crippen LogP contribution in [0.4, 0.5) is 0 Å². The van der Waals surface area contributed by atoms with Crippen LogP contribution < -0.4 is 4.74 Å². The fourth-order valence-electron chi connectivity index (χ4n) is 14.3. The number of nitrogens with zero attached hydrogens (tertiary/aromatic N) is 5. The third-order valence-corrected chi connectivity index (χ3v) is 19.7. The molecule has 13 aromatic carbocycles. The molecule has 0 aliphatic carbocycles. The number of imidazole rings is 1. The van der Waals surface area contributed by atoms with Gasteiger partial charge in [-0.2, -0.15) is 0 Å². The molecule has 0 unspecified atom stereocenters. The number of benzene rings is 13. The van der Waals surface area contributed by atoms with E-state index >= 15 is 0 Å². The normalized spacial score (nSPS) is 11.8. The van der Waals surface area contributed by atoms with Gasteiger partial charge in [0.1, 0.15) is 0 Å². The molecule has 0 spiro atoms. The maximum atomic E-state index is 7.08. The number of rotatable bonds is 12. The fraction of sp³-hybridized carbons (Fsp3) is 0.0455. The molecule has 17 aromatic rings. The molecule has 0 saturated carbocycles. The molecule has 7 heteroatoms. The Balaban J connectivity index is 0.966. The average molecular weight is 1400 g/mol. The molecule has 0 radical (unpaired) electrons. The van der Waals surface area contributed by atoms with Gasteiger partial charge in [-0.05, 0) is 17.0 Å². The van der Waals surface area contributed by atoms with Crippen molar-refractivity contribution in [1.29, 1.82) is 0 Å². The summed E-state index contributed by atoms with van der Waals surface area (Å²) < 4.78 is 17.8. The van der Waals surface area contributed by atoms with E-state index in [9.17, 15) is 0 Å². The van der Waals surface area contributed by atoms with Gasteiger partial charge >= 0.3 is 510 Å². The molecule has 456 valence electrons. The standard InChI is InChI=1S/C88H63N5O.Pt/c1-88(2,3)63-51-52-89-84(53-63)93-80-46-21-18-39-74(80)75-50-49-67(57-83(75)93)94-66-36-24-35-64(54-66)90-58-91(82-48-23-22-47-81(82)90)87-76(85-68(59-27-8-4-9-28-59)40-25-41-69(85)60-29-10-5-11-30-60)55-65(92-78-44-19-16-37-72(78)73-38-17-20-45-79(73)92)56-77(87)86-70(61-31-12-6-13-32-61)42-26-43-71(86)62-33-14-7-15-34-62;/h4-57H,1-3H3;. The van der Waals surface area contributed by atoms with Gasteiger partial charge in [-0.15, -0.1) is 0 Å². The van der Waals surface area contributed by atoms with E-state index in [1.807, 2.05) is 6.20 Å². The van der Waals surface area contributed by atoms with E-state index in [4.69, 9.17) is 9.72 Å². The zero-order chi connectivity index (χ0) is 63.7. The Bertz CT molecular complexity index is 5560. The van der Waals surface area contributed by atoms with Crippen LogP contribution in [0.25, 0.3) is 144 Å². The van der Waals surface area contributed by atoms with Crippen LogP contribution in [0.2, 0.25) is 0 Å². The summed E-state index contributed by atoms with van der Waals surface area (Å²) in [6.07, 6.45) is 1.93. The summed E-state index contributed by atoms with van der Waals surface area (Å²) in [4.78, 5) is 4.98. The van der Waals surface area contributed by atoms with Gasteiger partial charge in [0.05, 0.1) is 0 Å². The molecule has 0 aliphatic heterocycles. The second kappa shape index (κ2) is 23.6. The van der Waals surface area contributed by atoms with Crippen molar-refractivity contribution in [2.75, 3.05) is 0 Å². The number of ether oxygens (including phenoxy) is 1. The summed E-state index contributed by atoms with van der Waals surface area (Å²) in [5, 5.41) is 4.68. The molecule has 17 rings (SSSR count). The van der Waals surface area contributed by atoms with Crippen molar-refractivity contribution < 1.29 is 24.1 Å². The molecule has 0 bridgehead atoms. The van der Waals surface area contributed by atoms with Gasteiger partial charge in [-0.3, -0.25) is 0 Å². The van der Waals surface area contributed by atoms with Crippen molar-refractivity contribution in [3.05, 3.63) is 337 Å². The molecule has 0 atom stereocenters. The Morgan fingerprint density at radius 1 is 0.305 bits per heavy atom. The van der Waals surface area contributed by atoms with E-state index in [2.05, 4.69) is 380 Å². The van der Waals surface area contributed by atoms with Gasteiger partial charge < -0.3 is 0 Å². The van der Waals surface area contributed by atoms with Gasteiger partial charge in [0.15, 0.2) is 0 Å². The molecule has 0 aliphatic rings. The summed E-state index contributed by atoms with van der Waals surface area (Å²) >= 11 is 2.61. The van der Waals surface area contributed by atoms with Crippen LogP contribution in [-0.4, -0.2) is 23.3 Å². The molecule has 0 amide bonds. The third kappa shape index (κ3) is 10.00. The summed E-state index contributed by atoms with van der Waals surface area (Å²) in [7, 11) is 0. The number of fused-ring (bicyclic) bond motifs is 7. The summed E-state index contributed by atoms with van der Waals surface area (Å²) in [6, 6.07) is 117. The van der Waals surface area contributed by atoms with E-state index in [-0.39, 0.29) is 5.41 Å². The number of aromatic nitrogens is 5. The molecule has 95 heavy (non-hydrogen) atoms. The van der Waals surface area contributed by atoms with Crippen LogP contribution in [0.15, 0.2) is 328 Å². The first kappa shape index (κ1) is 57.5. The molecule has 0 fully saturated rings. The molecule has 6 nitrogen and oxygen atoms in total. The Morgan fingerprint density at radius 2 is 0.716 bits per heavy atom.